The van der Waals surface area contributed by atoms with Gasteiger partial charge in [0.15, 0.2) is 17.4 Å². The maximum absolute atomic E-state index is 13.4. The maximum Gasteiger partial charge on any atom is 0.165 e. The van der Waals surface area contributed by atoms with Gasteiger partial charge in [-0.15, -0.1) is 0 Å². The molecule has 0 unspecified atom stereocenters. The van der Waals surface area contributed by atoms with Crippen molar-refractivity contribution in [2.45, 2.75) is 0 Å². The van der Waals surface area contributed by atoms with Gasteiger partial charge in [-0.05, 0) is 30.3 Å². The van der Waals surface area contributed by atoms with E-state index >= 15 is 0 Å². The quantitative estimate of drug-likeness (QED) is 0.664. The Hall–Kier alpha value is -2.27. The lowest BCUT2D eigenvalue weighted by Gasteiger charge is -2.07. The van der Waals surface area contributed by atoms with Gasteiger partial charge in [-0.1, -0.05) is 11.6 Å². The summed E-state index contributed by atoms with van der Waals surface area (Å²) in [6.45, 7) is 0. The van der Waals surface area contributed by atoms with E-state index in [-0.39, 0.29) is 16.7 Å². The van der Waals surface area contributed by atoms with Crippen LogP contribution in [0.2, 0.25) is 5.15 Å². The van der Waals surface area contributed by atoms with Gasteiger partial charge in [0.2, 0.25) is 0 Å². The van der Waals surface area contributed by atoms with Gasteiger partial charge in [-0.3, -0.25) is 0 Å². The number of halogens is 3. The molecule has 0 aliphatic heterocycles. The highest BCUT2D eigenvalue weighted by Gasteiger charge is 2.11. The van der Waals surface area contributed by atoms with Gasteiger partial charge in [-0.25, -0.2) is 18.7 Å². The molecular weight excluding hydrogens is 298 g/mol. The topological polar surface area (TPSA) is 35.0 Å². The van der Waals surface area contributed by atoms with Crippen molar-refractivity contribution in [2.75, 3.05) is 7.11 Å². The molecule has 0 saturated heterocycles. The van der Waals surface area contributed by atoms with Crippen molar-refractivity contribution in [3.05, 3.63) is 53.2 Å². The summed E-state index contributed by atoms with van der Waals surface area (Å²) in [6.07, 6.45) is 0. The molecule has 0 spiro atoms. The second-order valence-corrected chi connectivity index (χ2v) is 4.71. The molecule has 0 fully saturated rings. The summed E-state index contributed by atoms with van der Waals surface area (Å²) in [7, 11) is 1.37. The summed E-state index contributed by atoms with van der Waals surface area (Å²) in [5.74, 6) is -0.554. The molecule has 2 aromatic carbocycles. The first-order chi connectivity index (χ1) is 10.1. The van der Waals surface area contributed by atoms with Crippen LogP contribution in [0.5, 0.6) is 5.75 Å². The Balaban J connectivity index is 2.20. The minimum atomic E-state index is -0.487. The van der Waals surface area contributed by atoms with Gasteiger partial charge < -0.3 is 4.74 Å². The summed E-state index contributed by atoms with van der Waals surface area (Å²) in [5, 5.41) is 0.759. The van der Waals surface area contributed by atoms with Crippen LogP contribution in [0.3, 0.4) is 0 Å². The third-order valence-corrected chi connectivity index (χ3v) is 3.31. The molecule has 6 heteroatoms. The van der Waals surface area contributed by atoms with Crippen molar-refractivity contribution in [3.63, 3.8) is 0 Å². The Bertz CT molecular complexity index is 839. The third kappa shape index (κ3) is 2.52. The lowest BCUT2D eigenvalue weighted by molar-refractivity contribution is 0.387. The number of ether oxygens (including phenoxy) is 1. The molecule has 0 radical (unpaired) electrons. The zero-order valence-corrected chi connectivity index (χ0v) is 11.7. The van der Waals surface area contributed by atoms with Gasteiger partial charge in [-0.2, -0.15) is 0 Å². The van der Waals surface area contributed by atoms with E-state index in [2.05, 4.69) is 9.97 Å². The van der Waals surface area contributed by atoms with E-state index in [1.165, 1.54) is 43.5 Å². The van der Waals surface area contributed by atoms with E-state index < -0.39 is 11.6 Å². The Kier molecular flexibility index (Phi) is 3.43. The molecule has 1 aromatic heterocycles. The molecule has 3 rings (SSSR count). The van der Waals surface area contributed by atoms with Gasteiger partial charge in [0.1, 0.15) is 11.0 Å². The lowest BCUT2D eigenvalue weighted by Crippen LogP contribution is -1.94. The van der Waals surface area contributed by atoms with Crippen LogP contribution in [-0.2, 0) is 0 Å². The van der Waals surface area contributed by atoms with Crippen LogP contribution >= 0.6 is 11.6 Å². The Morgan fingerprint density at radius 1 is 1.05 bits per heavy atom. The molecule has 106 valence electrons. The summed E-state index contributed by atoms with van der Waals surface area (Å²) in [5.41, 5.74) is 0.912. The van der Waals surface area contributed by atoms with Crippen LogP contribution in [0.4, 0.5) is 8.78 Å². The average Bonchev–Trinajstić information content (AvgIpc) is 2.47. The number of hydrogen-bond donors (Lipinski definition) is 0. The van der Waals surface area contributed by atoms with Crippen LogP contribution < -0.4 is 4.74 Å². The summed E-state index contributed by atoms with van der Waals surface area (Å²) in [4.78, 5) is 8.42. The van der Waals surface area contributed by atoms with Crippen molar-refractivity contribution in [1.82, 2.24) is 9.97 Å². The van der Waals surface area contributed by atoms with Crippen molar-refractivity contribution in [2.24, 2.45) is 0 Å². The number of fused-ring (bicyclic) bond motifs is 1. The van der Waals surface area contributed by atoms with Crippen molar-refractivity contribution in [1.29, 1.82) is 0 Å². The van der Waals surface area contributed by atoms with Crippen molar-refractivity contribution in [3.8, 4) is 17.1 Å². The Morgan fingerprint density at radius 3 is 2.62 bits per heavy atom. The predicted octanol–water partition coefficient (Wildman–Crippen LogP) is 4.24. The molecule has 0 N–H and O–H groups in total. The fraction of sp³-hybridized carbons (Fsp3) is 0.0667. The number of aromatic nitrogens is 2. The van der Waals surface area contributed by atoms with Gasteiger partial charge in [0, 0.05) is 17.0 Å². The fourth-order valence-electron chi connectivity index (χ4n) is 1.99. The molecule has 1 heterocycles. The number of nitrogens with zero attached hydrogens (tertiary/aromatic N) is 2. The zero-order valence-electron chi connectivity index (χ0n) is 10.9. The minimum Gasteiger partial charge on any atom is -0.494 e. The van der Waals surface area contributed by atoms with Gasteiger partial charge in [0.05, 0.1) is 12.6 Å². The normalized spacial score (nSPS) is 10.9. The molecule has 0 amide bonds. The van der Waals surface area contributed by atoms with E-state index in [0.29, 0.717) is 16.5 Å². The second kappa shape index (κ2) is 5.26. The van der Waals surface area contributed by atoms with E-state index in [1.54, 1.807) is 0 Å². The summed E-state index contributed by atoms with van der Waals surface area (Å²) >= 11 is 6.09. The summed E-state index contributed by atoms with van der Waals surface area (Å²) < 4.78 is 31.7. The first kappa shape index (κ1) is 13.7. The molecule has 21 heavy (non-hydrogen) atoms. The Labute approximate surface area is 124 Å². The number of rotatable bonds is 2. The standard InChI is InChI=1S/C15H9ClF2N2O/c1-21-13-6-8(2-5-11(13)18)15-19-12-7-9(17)3-4-10(12)14(16)20-15/h2-7H,1H3. The average molecular weight is 307 g/mol. The van der Waals surface area contributed by atoms with Gasteiger partial charge >= 0.3 is 0 Å². The Morgan fingerprint density at radius 2 is 1.86 bits per heavy atom. The number of benzene rings is 2. The number of hydrogen-bond acceptors (Lipinski definition) is 3. The lowest BCUT2D eigenvalue weighted by atomic mass is 10.1. The van der Waals surface area contributed by atoms with Crippen molar-refractivity contribution < 1.29 is 13.5 Å². The first-order valence-electron chi connectivity index (χ1n) is 6.05. The maximum atomic E-state index is 13.4. The monoisotopic (exact) mass is 306 g/mol. The van der Waals surface area contributed by atoms with E-state index in [0.717, 1.165) is 0 Å². The molecule has 0 aliphatic carbocycles. The van der Waals surface area contributed by atoms with E-state index in [1.807, 2.05) is 0 Å². The van der Waals surface area contributed by atoms with Gasteiger partial charge in [0.25, 0.3) is 0 Å². The third-order valence-electron chi connectivity index (χ3n) is 3.02. The van der Waals surface area contributed by atoms with Crippen LogP contribution in [0.25, 0.3) is 22.3 Å². The minimum absolute atomic E-state index is 0.0755. The molecule has 0 bridgehead atoms. The SMILES string of the molecule is COc1cc(-c2nc(Cl)c3ccc(F)cc3n2)ccc1F. The van der Waals surface area contributed by atoms with Crippen molar-refractivity contribution >= 4 is 22.5 Å². The molecule has 0 aliphatic rings. The highest BCUT2D eigenvalue weighted by molar-refractivity contribution is 6.34. The van der Waals surface area contributed by atoms with E-state index in [4.69, 9.17) is 16.3 Å². The summed E-state index contributed by atoms with van der Waals surface area (Å²) in [6, 6.07) is 8.30. The molecule has 0 atom stereocenters. The first-order valence-corrected chi connectivity index (χ1v) is 6.43. The zero-order chi connectivity index (χ0) is 15.0. The smallest absolute Gasteiger partial charge is 0.165 e. The molecule has 3 aromatic rings. The fourth-order valence-corrected chi connectivity index (χ4v) is 2.23. The van der Waals surface area contributed by atoms with Crippen LogP contribution in [0.15, 0.2) is 36.4 Å². The molecular formula is C15H9ClF2N2O. The van der Waals surface area contributed by atoms with Crippen LogP contribution in [0, 0.1) is 11.6 Å². The van der Waals surface area contributed by atoms with Crippen LogP contribution in [0.1, 0.15) is 0 Å². The molecule has 0 saturated carbocycles. The molecule has 3 nitrogen and oxygen atoms in total. The predicted molar refractivity (Wildman–Crippen MR) is 76.5 cm³/mol. The highest BCUT2D eigenvalue weighted by Crippen LogP contribution is 2.28. The highest BCUT2D eigenvalue weighted by atomic mass is 35.5. The van der Waals surface area contributed by atoms with E-state index in [9.17, 15) is 8.78 Å². The second-order valence-electron chi connectivity index (χ2n) is 4.35. The van der Waals surface area contributed by atoms with Crippen LogP contribution in [-0.4, -0.2) is 17.1 Å². The number of methoxy groups -OCH3 is 1. The largest absolute Gasteiger partial charge is 0.494 e.